The Bertz CT molecular complexity index is 468. The molecule has 0 unspecified atom stereocenters. The zero-order chi connectivity index (χ0) is 14.7. The molecule has 6 nitrogen and oxygen atoms in total. The van der Waals surface area contributed by atoms with E-state index < -0.39 is 0 Å². The van der Waals surface area contributed by atoms with E-state index in [1.165, 1.54) is 11.3 Å². The summed E-state index contributed by atoms with van der Waals surface area (Å²) in [7, 11) is 0. The molecule has 104 valence electrons. The van der Waals surface area contributed by atoms with Crippen LogP contribution in [0, 0.1) is 6.92 Å². The number of nitrogen functional groups attached to an aromatic ring is 1. The number of thiazole rings is 1. The minimum atomic E-state index is 0.250. The number of aryl methyl sites for hydroxylation is 1. The summed E-state index contributed by atoms with van der Waals surface area (Å²) in [4.78, 5) is 17.8. The molecule has 1 aromatic heterocycles. The van der Waals surface area contributed by atoms with Crippen LogP contribution in [0.15, 0.2) is 23.1 Å². The molecule has 0 aromatic carbocycles. The topological polar surface area (TPSA) is 106 Å². The van der Waals surface area contributed by atoms with E-state index in [4.69, 9.17) is 10.5 Å². The number of nitrogens with one attached hydrogen (secondary N) is 1. The number of primary amides is 1. The molecule has 0 atom stereocenters. The summed E-state index contributed by atoms with van der Waals surface area (Å²) in [6.45, 7) is 6.06. The summed E-state index contributed by atoms with van der Waals surface area (Å²) in [5, 5.41) is 5.25. The summed E-state index contributed by atoms with van der Waals surface area (Å²) in [5.74, 6) is 0. The minimum absolute atomic E-state index is 0.250. The second-order valence-electron chi connectivity index (χ2n) is 3.07. The first-order valence-electron chi connectivity index (χ1n) is 5.19. The zero-order valence-electron chi connectivity index (χ0n) is 10.5. The fourth-order valence-electron chi connectivity index (χ4n) is 1.07. The number of thiol groups is 1. The number of aliphatic imine (C=N–C) groups is 1. The van der Waals surface area contributed by atoms with Crippen molar-refractivity contribution in [1.29, 1.82) is 0 Å². The molecule has 0 saturated heterocycles. The van der Waals surface area contributed by atoms with E-state index in [0.717, 1.165) is 16.3 Å². The van der Waals surface area contributed by atoms with Gasteiger partial charge in [0.05, 0.1) is 29.2 Å². The van der Waals surface area contributed by atoms with E-state index in [1.54, 1.807) is 17.8 Å². The Morgan fingerprint density at radius 2 is 2.32 bits per heavy atom. The molecular formula is C11H17N5OS2. The minimum Gasteiger partial charge on any atom is -0.375 e. The maximum atomic E-state index is 8.58. The molecule has 0 aliphatic carbocycles. The quantitative estimate of drug-likeness (QED) is 0.215. The average molecular weight is 299 g/mol. The molecule has 1 rings (SSSR count). The standard InChI is InChI=1S/C10H14N4S2.CH3NO/c1-3-4-12-6-13-8(5-15)9-7(2)14-10(11)16-9;2-1-3/h3,5-6,15H,1,4H2,2H3,(H2,11,14)(H,12,13);1H,(H2,2,3)/b8-5-;. The van der Waals surface area contributed by atoms with Crippen LogP contribution < -0.4 is 16.8 Å². The van der Waals surface area contributed by atoms with Crippen LogP contribution in [0.2, 0.25) is 0 Å². The molecule has 0 fully saturated rings. The van der Waals surface area contributed by atoms with Gasteiger partial charge in [-0.2, -0.15) is 0 Å². The largest absolute Gasteiger partial charge is 0.375 e. The van der Waals surface area contributed by atoms with E-state index in [-0.39, 0.29) is 6.41 Å². The van der Waals surface area contributed by atoms with Crippen LogP contribution in [0.4, 0.5) is 5.13 Å². The maximum Gasteiger partial charge on any atom is 0.204 e. The molecule has 19 heavy (non-hydrogen) atoms. The van der Waals surface area contributed by atoms with E-state index in [0.29, 0.717) is 11.7 Å². The first-order valence-corrected chi connectivity index (χ1v) is 6.52. The fourth-order valence-corrected chi connectivity index (χ4v) is 2.17. The number of hydrogen-bond acceptors (Lipinski definition) is 6. The van der Waals surface area contributed by atoms with Gasteiger partial charge in [0.2, 0.25) is 6.41 Å². The average Bonchev–Trinajstić information content (AvgIpc) is 2.70. The van der Waals surface area contributed by atoms with Crippen LogP contribution in [-0.2, 0) is 4.79 Å². The van der Waals surface area contributed by atoms with Gasteiger partial charge in [-0.3, -0.25) is 9.79 Å². The molecule has 0 bridgehead atoms. The summed E-state index contributed by atoms with van der Waals surface area (Å²) < 4.78 is 0. The third-order valence-corrected chi connectivity index (χ3v) is 3.01. The Labute approximate surface area is 121 Å². The first kappa shape index (κ1) is 17.2. The van der Waals surface area contributed by atoms with Crippen LogP contribution in [0.1, 0.15) is 10.6 Å². The van der Waals surface area contributed by atoms with Gasteiger partial charge in [-0.15, -0.1) is 19.2 Å². The Morgan fingerprint density at radius 3 is 2.74 bits per heavy atom. The number of nitrogens with two attached hydrogens (primary N) is 2. The summed E-state index contributed by atoms with van der Waals surface area (Å²) in [5.41, 5.74) is 11.5. The molecule has 1 aromatic rings. The number of aromatic nitrogens is 1. The number of carbonyl (C=O) groups is 1. The van der Waals surface area contributed by atoms with Gasteiger partial charge in [-0.25, -0.2) is 4.98 Å². The van der Waals surface area contributed by atoms with Gasteiger partial charge >= 0.3 is 0 Å². The summed E-state index contributed by atoms with van der Waals surface area (Å²) >= 11 is 5.56. The van der Waals surface area contributed by atoms with Gasteiger partial charge in [-0.05, 0) is 12.3 Å². The number of anilines is 1. The molecule has 0 aliphatic heterocycles. The van der Waals surface area contributed by atoms with E-state index >= 15 is 0 Å². The number of rotatable bonds is 5. The van der Waals surface area contributed by atoms with Crippen molar-refractivity contribution in [2.45, 2.75) is 6.92 Å². The van der Waals surface area contributed by atoms with Crippen molar-refractivity contribution in [2.75, 3.05) is 12.3 Å². The van der Waals surface area contributed by atoms with Gasteiger partial charge in [-0.1, -0.05) is 17.4 Å². The highest BCUT2D eigenvalue weighted by Gasteiger charge is 2.08. The number of amides is 1. The normalized spacial score (nSPS) is 10.7. The molecule has 0 saturated carbocycles. The zero-order valence-corrected chi connectivity index (χ0v) is 12.2. The lowest BCUT2D eigenvalue weighted by Gasteiger charge is -2.03. The third kappa shape index (κ3) is 6.63. The number of carbonyl (C=O) groups excluding carboxylic acids is 1. The highest BCUT2D eigenvalue weighted by atomic mass is 32.1. The van der Waals surface area contributed by atoms with Gasteiger partial charge in [0.15, 0.2) is 5.13 Å². The van der Waals surface area contributed by atoms with Crippen LogP contribution in [0.3, 0.4) is 0 Å². The van der Waals surface area contributed by atoms with E-state index in [1.807, 2.05) is 6.92 Å². The molecule has 0 spiro atoms. The van der Waals surface area contributed by atoms with Crippen LogP contribution in [0.5, 0.6) is 0 Å². The molecular weight excluding hydrogens is 282 g/mol. The van der Waals surface area contributed by atoms with Crippen LogP contribution >= 0.6 is 24.0 Å². The van der Waals surface area contributed by atoms with Crippen molar-refractivity contribution in [3.05, 3.63) is 28.6 Å². The van der Waals surface area contributed by atoms with Gasteiger partial charge < -0.3 is 16.8 Å². The smallest absolute Gasteiger partial charge is 0.204 e. The number of nitrogens with zero attached hydrogens (tertiary/aromatic N) is 2. The SMILES string of the molecule is C=CCN=CN/C(=C\S)c1sc(N)nc1C.NC=O. The number of hydrogen-bond donors (Lipinski definition) is 4. The Hall–Kier alpha value is -1.80. The molecule has 0 radical (unpaired) electrons. The molecule has 1 heterocycles. The van der Waals surface area contributed by atoms with Crippen molar-refractivity contribution in [3.63, 3.8) is 0 Å². The molecule has 8 heteroatoms. The molecule has 0 aliphatic rings. The predicted octanol–water partition coefficient (Wildman–Crippen LogP) is 1.17. The Morgan fingerprint density at radius 1 is 1.68 bits per heavy atom. The van der Waals surface area contributed by atoms with E-state index in [9.17, 15) is 0 Å². The van der Waals surface area contributed by atoms with Gasteiger partial charge in [0.25, 0.3) is 0 Å². The Kier molecular flexibility index (Phi) is 9.19. The Balaban J connectivity index is 0.000000982. The van der Waals surface area contributed by atoms with Crippen molar-refractivity contribution in [2.24, 2.45) is 10.7 Å². The lowest BCUT2D eigenvalue weighted by molar-refractivity contribution is -0.106. The first-order chi connectivity index (χ1) is 9.10. The molecule has 5 N–H and O–H groups in total. The lowest BCUT2D eigenvalue weighted by Crippen LogP contribution is -2.09. The fraction of sp³-hybridized carbons (Fsp3) is 0.182. The van der Waals surface area contributed by atoms with Crippen LogP contribution in [0.25, 0.3) is 5.70 Å². The monoisotopic (exact) mass is 299 g/mol. The second-order valence-corrected chi connectivity index (χ2v) is 4.36. The lowest BCUT2D eigenvalue weighted by atomic mass is 10.3. The van der Waals surface area contributed by atoms with Crippen molar-refractivity contribution in [3.8, 4) is 0 Å². The van der Waals surface area contributed by atoms with E-state index in [2.05, 4.69) is 40.2 Å². The predicted molar refractivity (Wildman–Crippen MR) is 85.2 cm³/mol. The van der Waals surface area contributed by atoms with Crippen molar-refractivity contribution in [1.82, 2.24) is 10.3 Å². The molecule has 1 amide bonds. The highest BCUT2D eigenvalue weighted by molar-refractivity contribution is 7.83. The second kappa shape index (κ2) is 10.2. The highest BCUT2D eigenvalue weighted by Crippen LogP contribution is 2.25. The van der Waals surface area contributed by atoms with Crippen molar-refractivity contribution < 1.29 is 4.79 Å². The van der Waals surface area contributed by atoms with Crippen molar-refractivity contribution >= 4 is 47.5 Å². The summed E-state index contributed by atoms with van der Waals surface area (Å²) in [6, 6.07) is 0. The summed E-state index contributed by atoms with van der Waals surface area (Å²) in [6.07, 6.45) is 3.58. The van der Waals surface area contributed by atoms with Gasteiger partial charge in [0.1, 0.15) is 0 Å². The third-order valence-electron chi connectivity index (χ3n) is 1.73. The maximum absolute atomic E-state index is 8.58. The van der Waals surface area contributed by atoms with Gasteiger partial charge in [0, 0.05) is 0 Å². The van der Waals surface area contributed by atoms with Crippen LogP contribution in [-0.4, -0.2) is 24.3 Å².